The van der Waals surface area contributed by atoms with Crippen LogP contribution in [-0.2, 0) is 6.61 Å². The lowest BCUT2D eigenvalue weighted by Gasteiger charge is -2.30. The summed E-state index contributed by atoms with van der Waals surface area (Å²) >= 11 is 0. The zero-order valence-electron chi connectivity index (χ0n) is 15.8. The number of aliphatic hydroxyl groups is 1. The standard InChI is InChI=1S/C20H18F4N2O4/c1-29-15-7-2-3-8-16(15)30-11-12-5-4-6-13(9-12)18(27)26-20(28,19(23)24)10-14(25-26)17(21)22/h2-9,17,19,28H,10-11H2,1H3/t20-/m1/s1. The van der Waals surface area contributed by atoms with E-state index in [2.05, 4.69) is 5.10 Å². The van der Waals surface area contributed by atoms with Gasteiger partial charge in [0, 0.05) is 12.0 Å². The molecule has 6 nitrogen and oxygen atoms in total. The summed E-state index contributed by atoms with van der Waals surface area (Å²) in [4.78, 5) is 12.7. The van der Waals surface area contributed by atoms with Gasteiger partial charge in [0.25, 0.3) is 18.8 Å². The Labute approximate surface area is 169 Å². The maximum absolute atomic E-state index is 13.4. The van der Waals surface area contributed by atoms with Crippen LogP contribution in [-0.4, -0.2) is 47.4 Å². The zero-order valence-corrected chi connectivity index (χ0v) is 15.8. The number of alkyl halides is 4. The van der Waals surface area contributed by atoms with E-state index < -0.39 is 36.6 Å². The van der Waals surface area contributed by atoms with E-state index >= 15 is 0 Å². The first-order valence-electron chi connectivity index (χ1n) is 8.81. The molecule has 2 aromatic carbocycles. The summed E-state index contributed by atoms with van der Waals surface area (Å²) < 4.78 is 63.4. The molecule has 3 rings (SSSR count). The molecule has 0 aliphatic carbocycles. The molecule has 0 fully saturated rings. The Morgan fingerprint density at radius 1 is 1.17 bits per heavy atom. The SMILES string of the molecule is COc1ccccc1OCc1cccc(C(=O)N2N=C(C(F)F)C[C@@]2(O)C(F)F)c1. The van der Waals surface area contributed by atoms with Crippen molar-refractivity contribution in [3.8, 4) is 11.5 Å². The summed E-state index contributed by atoms with van der Waals surface area (Å²) in [7, 11) is 1.48. The molecular weight excluding hydrogens is 408 g/mol. The number of carbonyl (C=O) groups is 1. The number of hydrazone groups is 1. The molecule has 0 aromatic heterocycles. The normalized spacial score (nSPS) is 18.7. The van der Waals surface area contributed by atoms with E-state index in [-0.39, 0.29) is 17.2 Å². The number of nitrogens with zero attached hydrogens (tertiary/aromatic N) is 2. The van der Waals surface area contributed by atoms with Gasteiger partial charge in [-0.25, -0.2) is 17.6 Å². The van der Waals surface area contributed by atoms with Crippen molar-refractivity contribution >= 4 is 11.6 Å². The highest BCUT2D eigenvalue weighted by Crippen LogP contribution is 2.34. The minimum absolute atomic E-state index is 0.0200. The lowest BCUT2D eigenvalue weighted by molar-refractivity contribution is -0.164. The largest absolute Gasteiger partial charge is 0.493 e. The molecule has 1 aliphatic heterocycles. The second-order valence-electron chi connectivity index (χ2n) is 6.50. The Hall–Kier alpha value is -3.14. The van der Waals surface area contributed by atoms with E-state index in [0.717, 1.165) is 0 Å². The third-order valence-electron chi connectivity index (χ3n) is 4.47. The van der Waals surface area contributed by atoms with Gasteiger partial charge in [0.15, 0.2) is 11.5 Å². The highest BCUT2D eigenvalue weighted by Gasteiger charge is 2.53. The molecular formula is C20H18F4N2O4. The Bertz CT molecular complexity index is 954. The first-order valence-corrected chi connectivity index (χ1v) is 8.81. The van der Waals surface area contributed by atoms with Gasteiger partial charge < -0.3 is 14.6 Å². The summed E-state index contributed by atoms with van der Waals surface area (Å²) in [6.45, 7) is 0.0200. The zero-order chi connectivity index (χ0) is 21.9. The molecule has 1 aliphatic rings. The third-order valence-corrected chi connectivity index (χ3v) is 4.47. The number of ether oxygens (including phenoxy) is 2. The molecule has 1 amide bonds. The summed E-state index contributed by atoms with van der Waals surface area (Å²) in [5.41, 5.74) is -3.73. The fourth-order valence-electron chi connectivity index (χ4n) is 2.92. The molecule has 0 saturated heterocycles. The Morgan fingerprint density at radius 3 is 2.50 bits per heavy atom. The van der Waals surface area contributed by atoms with Crippen molar-refractivity contribution in [2.75, 3.05) is 7.11 Å². The van der Waals surface area contributed by atoms with Crippen molar-refractivity contribution in [3.63, 3.8) is 0 Å². The van der Waals surface area contributed by atoms with E-state index in [1.165, 1.54) is 25.3 Å². The van der Waals surface area contributed by atoms with Gasteiger partial charge >= 0.3 is 0 Å². The lowest BCUT2D eigenvalue weighted by atomic mass is 10.1. The predicted octanol–water partition coefficient (Wildman–Crippen LogP) is 3.69. The van der Waals surface area contributed by atoms with Crippen molar-refractivity contribution in [3.05, 3.63) is 59.7 Å². The maximum atomic E-state index is 13.4. The van der Waals surface area contributed by atoms with Crippen molar-refractivity contribution in [1.29, 1.82) is 0 Å². The lowest BCUT2D eigenvalue weighted by Crippen LogP contribution is -2.51. The molecule has 0 radical (unpaired) electrons. The number of carbonyl (C=O) groups excluding carboxylic acids is 1. The van der Waals surface area contributed by atoms with Crippen molar-refractivity contribution in [2.24, 2.45) is 5.10 Å². The van der Waals surface area contributed by atoms with Crippen LogP contribution in [0.2, 0.25) is 0 Å². The number of para-hydroxylation sites is 2. The van der Waals surface area contributed by atoms with Crippen LogP contribution < -0.4 is 9.47 Å². The average molecular weight is 426 g/mol. The van der Waals surface area contributed by atoms with Crippen LogP contribution in [0.25, 0.3) is 0 Å². The molecule has 1 heterocycles. The molecule has 0 spiro atoms. The van der Waals surface area contributed by atoms with Gasteiger partial charge in [-0.1, -0.05) is 24.3 Å². The number of methoxy groups -OCH3 is 1. The van der Waals surface area contributed by atoms with Crippen molar-refractivity contribution < 1.29 is 36.9 Å². The number of amides is 1. The molecule has 10 heteroatoms. The van der Waals surface area contributed by atoms with Crippen molar-refractivity contribution in [2.45, 2.75) is 31.6 Å². The quantitative estimate of drug-likeness (QED) is 0.686. The molecule has 1 atom stereocenters. The summed E-state index contributed by atoms with van der Waals surface area (Å²) in [6.07, 6.45) is -7.79. The highest BCUT2D eigenvalue weighted by atomic mass is 19.3. The van der Waals surface area contributed by atoms with E-state index in [1.807, 2.05) is 0 Å². The van der Waals surface area contributed by atoms with Gasteiger partial charge in [-0.15, -0.1) is 0 Å². The van der Waals surface area contributed by atoms with Gasteiger partial charge in [-0.3, -0.25) is 4.79 Å². The first kappa shape index (κ1) is 21.6. The van der Waals surface area contributed by atoms with Crippen molar-refractivity contribution in [1.82, 2.24) is 5.01 Å². The minimum atomic E-state index is -3.49. The number of benzene rings is 2. The molecule has 0 saturated carbocycles. The van der Waals surface area contributed by atoms with E-state index in [9.17, 15) is 27.5 Å². The average Bonchev–Trinajstić information content (AvgIpc) is 3.11. The van der Waals surface area contributed by atoms with E-state index in [4.69, 9.17) is 9.47 Å². The fraction of sp³-hybridized carbons (Fsp3) is 0.300. The summed E-state index contributed by atoms with van der Waals surface area (Å²) in [5, 5.41) is 13.4. The number of hydrogen-bond donors (Lipinski definition) is 1. The molecule has 1 N–H and O–H groups in total. The number of rotatable bonds is 7. The van der Waals surface area contributed by atoms with Gasteiger partial charge in [0.05, 0.1) is 7.11 Å². The van der Waals surface area contributed by atoms with Gasteiger partial charge in [-0.05, 0) is 29.8 Å². The minimum Gasteiger partial charge on any atom is -0.493 e. The van der Waals surface area contributed by atoms with Crippen LogP contribution in [0.5, 0.6) is 11.5 Å². The molecule has 160 valence electrons. The van der Waals surface area contributed by atoms with Crippen LogP contribution in [0.3, 0.4) is 0 Å². The Balaban J connectivity index is 1.81. The van der Waals surface area contributed by atoms with Crippen LogP contribution >= 0.6 is 0 Å². The number of hydrogen-bond acceptors (Lipinski definition) is 5. The van der Waals surface area contributed by atoms with Gasteiger partial charge in [-0.2, -0.15) is 10.1 Å². The monoisotopic (exact) mass is 426 g/mol. The van der Waals surface area contributed by atoms with E-state index in [0.29, 0.717) is 17.1 Å². The van der Waals surface area contributed by atoms with Crippen LogP contribution in [0, 0.1) is 0 Å². The molecule has 0 unspecified atom stereocenters. The smallest absolute Gasteiger partial charge is 0.287 e. The first-order chi connectivity index (χ1) is 14.3. The van der Waals surface area contributed by atoms with E-state index in [1.54, 1.807) is 30.3 Å². The number of halogens is 4. The third kappa shape index (κ3) is 4.23. The van der Waals surface area contributed by atoms with Gasteiger partial charge in [0.1, 0.15) is 12.3 Å². The second kappa shape index (κ2) is 8.70. The van der Waals surface area contributed by atoms with Gasteiger partial charge in [0.2, 0.25) is 5.72 Å². The summed E-state index contributed by atoms with van der Waals surface area (Å²) in [5.74, 6) is -0.181. The topological polar surface area (TPSA) is 71.4 Å². The second-order valence-corrected chi connectivity index (χ2v) is 6.50. The Morgan fingerprint density at radius 2 is 1.87 bits per heavy atom. The summed E-state index contributed by atoms with van der Waals surface area (Å²) in [6, 6.07) is 12.6. The fourth-order valence-corrected chi connectivity index (χ4v) is 2.92. The van der Waals surface area contributed by atoms with Crippen LogP contribution in [0.1, 0.15) is 22.3 Å². The van der Waals surface area contributed by atoms with Crippen LogP contribution in [0.4, 0.5) is 17.6 Å². The van der Waals surface area contributed by atoms with Crippen LogP contribution in [0.15, 0.2) is 53.6 Å². The predicted molar refractivity (Wildman–Crippen MR) is 98.9 cm³/mol. The molecule has 2 aromatic rings. The highest BCUT2D eigenvalue weighted by molar-refractivity contribution is 5.99. The Kier molecular flexibility index (Phi) is 6.25. The molecule has 0 bridgehead atoms. The maximum Gasteiger partial charge on any atom is 0.287 e. The molecule has 30 heavy (non-hydrogen) atoms.